The standard InChI is InChI=1S/C18H23NOS/c1-13-5-7-17(9-14(13)2)21-12-16-10-15(11-19-3)6-8-18(16)20-4/h5-10,19H,11-12H2,1-4H3. The van der Waals surface area contributed by atoms with Crippen molar-refractivity contribution < 1.29 is 4.74 Å². The lowest BCUT2D eigenvalue weighted by Gasteiger charge is -2.11. The van der Waals surface area contributed by atoms with Gasteiger partial charge in [0.05, 0.1) is 7.11 Å². The van der Waals surface area contributed by atoms with Gasteiger partial charge in [-0.25, -0.2) is 0 Å². The Labute approximate surface area is 131 Å². The van der Waals surface area contributed by atoms with Gasteiger partial charge in [0.25, 0.3) is 0 Å². The van der Waals surface area contributed by atoms with Crippen molar-refractivity contribution in [3.63, 3.8) is 0 Å². The summed E-state index contributed by atoms with van der Waals surface area (Å²) in [5.74, 6) is 1.88. The smallest absolute Gasteiger partial charge is 0.122 e. The molecule has 0 saturated carbocycles. The molecule has 0 atom stereocenters. The van der Waals surface area contributed by atoms with Crippen LogP contribution in [0.2, 0.25) is 0 Å². The summed E-state index contributed by atoms with van der Waals surface area (Å²) in [6.07, 6.45) is 0. The zero-order valence-corrected chi connectivity index (χ0v) is 14.0. The van der Waals surface area contributed by atoms with E-state index in [1.165, 1.54) is 27.1 Å². The summed E-state index contributed by atoms with van der Waals surface area (Å²) in [7, 11) is 3.70. The van der Waals surface area contributed by atoms with Gasteiger partial charge in [0, 0.05) is 22.8 Å². The average molecular weight is 301 g/mol. The fraction of sp³-hybridized carbons (Fsp3) is 0.333. The number of nitrogens with one attached hydrogen (secondary N) is 1. The molecule has 0 bridgehead atoms. The SMILES string of the molecule is CNCc1ccc(OC)c(CSc2ccc(C)c(C)c2)c1. The van der Waals surface area contributed by atoms with Crippen molar-refractivity contribution in [3.05, 3.63) is 58.7 Å². The summed E-state index contributed by atoms with van der Waals surface area (Å²) >= 11 is 1.85. The molecule has 2 aromatic carbocycles. The van der Waals surface area contributed by atoms with E-state index in [0.717, 1.165) is 18.0 Å². The zero-order valence-electron chi connectivity index (χ0n) is 13.2. The van der Waals surface area contributed by atoms with Crippen molar-refractivity contribution in [2.75, 3.05) is 14.2 Å². The molecule has 0 amide bonds. The Kier molecular flexibility index (Phi) is 5.71. The van der Waals surface area contributed by atoms with Gasteiger partial charge >= 0.3 is 0 Å². The summed E-state index contributed by atoms with van der Waals surface area (Å²) in [6.45, 7) is 5.19. The molecule has 1 N–H and O–H groups in total. The van der Waals surface area contributed by atoms with Crippen LogP contribution in [0.1, 0.15) is 22.3 Å². The molecule has 2 aromatic rings. The van der Waals surface area contributed by atoms with Gasteiger partial charge in [-0.1, -0.05) is 12.1 Å². The lowest BCUT2D eigenvalue weighted by Crippen LogP contribution is -2.05. The summed E-state index contributed by atoms with van der Waals surface area (Å²) in [5.41, 5.74) is 5.21. The second-order valence-electron chi connectivity index (χ2n) is 5.21. The number of rotatable bonds is 6. The first-order chi connectivity index (χ1) is 10.1. The van der Waals surface area contributed by atoms with Gasteiger partial charge in [-0.3, -0.25) is 0 Å². The topological polar surface area (TPSA) is 21.3 Å². The summed E-state index contributed by atoms with van der Waals surface area (Å²) in [5, 5.41) is 3.19. The molecular weight excluding hydrogens is 278 g/mol. The van der Waals surface area contributed by atoms with Crippen molar-refractivity contribution in [1.29, 1.82) is 0 Å². The Balaban J connectivity index is 2.13. The second kappa shape index (κ2) is 7.53. The van der Waals surface area contributed by atoms with Crippen LogP contribution in [0.25, 0.3) is 0 Å². The number of hydrogen-bond acceptors (Lipinski definition) is 3. The molecule has 0 aliphatic heterocycles. The Hall–Kier alpha value is -1.45. The zero-order chi connectivity index (χ0) is 15.2. The van der Waals surface area contributed by atoms with Gasteiger partial charge < -0.3 is 10.1 Å². The molecule has 0 radical (unpaired) electrons. The highest BCUT2D eigenvalue weighted by Gasteiger charge is 2.06. The minimum absolute atomic E-state index is 0.880. The summed E-state index contributed by atoms with van der Waals surface area (Å²) < 4.78 is 5.48. The monoisotopic (exact) mass is 301 g/mol. The van der Waals surface area contributed by atoms with Gasteiger partial charge in [-0.05, 0) is 61.9 Å². The highest BCUT2D eigenvalue weighted by molar-refractivity contribution is 7.98. The van der Waals surface area contributed by atoms with Crippen molar-refractivity contribution in [3.8, 4) is 5.75 Å². The summed E-state index contributed by atoms with van der Waals surface area (Å²) in [4.78, 5) is 1.30. The first-order valence-corrected chi connectivity index (χ1v) is 8.13. The van der Waals surface area contributed by atoms with E-state index >= 15 is 0 Å². The predicted octanol–water partition coefficient (Wildman–Crippen LogP) is 4.32. The molecule has 0 unspecified atom stereocenters. The number of benzene rings is 2. The van der Waals surface area contributed by atoms with Crippen molar-refractivity contribution in [2.45, 2.75) is 31.0 Å². The third-order valence-electron chi connectivity index (χ3n) is 3.60. The van der Waals surface area contributed by atoms with E-state index in [-0.39, 0.29) is 0 Å². The number of methoxy groups -OCH3 is 1. The Morgan fingerprint density at radius 2 is 1.86 bits per heavy atom. The molecule has 0 aliphatic rings. The van der Waals surface area contributed by atoms with Crippen LogP contribution in [0.4, 0.5) is 0 Å². The fourth-order valence-corrected chi connectivity index (χ4v) is 3.20. The van der Waals surface area contributed by atoms with Crippen LogP contribution in [0.3, 0.4) is 0 Å². The molecule has 0 fully saturated rings. The van der Waals surface area contributed by atoms with E-state index in [1.54, 1.807) is 7.11 Å². The lowest BCUT2D eigenvalue weighted by molar-refractivity contribution is 0.411. The third-order valence-corrected chi connectivity index (χ3v) is 4.64. The van der Waals surface area contributed by atoms with E-state index in [2.05, 4.69) is 55.6 Å². The van der Waals surface area contributed by atoms with Crippen LogP contribution in [0.15, 0.2) is 41.3 Å². The molecule has 0 saturated heterocycles. The van der Waals surface area contributed by atoms with E-state index < -0.39 is 0 Å². The van der Waals surface area contributed by atoms with Gasteiger partial charge in [-0.2, -0.15) is 0 Å². The number of hydrogen-bond donors (Lipinski definition) is 1. The van der Waals surface area contributed by atoms with Crippen LogP contribution in [0, 0.1) is 13.8 Å². The number of thioether (sulfide) groups is 1. The summed E-state index contributed by atoms with van der Waals surface area (Å²) in [6, 6.07) is 13.0. The maximum Gasteiger partial charge on any atom is 0.122 e. The maximum absolute atomic E-state index is 5.48. The van der Waals surface area contributed by atoms with Crippen LogP contribution >= 0.6 is 11.8 Å². The van der Waals surface area contributed by atoms with Crippen LogP contribution in [0.5, 0.6) is 5.75 Å². The maximum atomic E-state index is 5.48. The molecule has 2 rings (SSSR count). The molecule has 2 nitrogen and oxygen atoms in total. The lowest BCUT2D eigenvalue weighted by atomic mass is 10.1. The molecule has 112 valence electrons. The van der Waals surface area contributed by atoms with Gasteiger partial charge in [0.2, 0.25) is 0 Å². The molecule has 0 aromatic heterocycles. The predicted molar refractivity (Wildman–Crippen MR) is 91.2 cm³/mol. The second-order valence-corrected chi connectivity index (χ2v) is 6.26. The van der Waals surface area contributed by atoms with E-state index in [4.69, 9.17) is 4.74 Å². The number of ether oxygens (including phenoxy) is 1. The quantitative estimate of drug-likeness (QED) is 0.803. The van der Waals surface area contributed by atoms with Crippen molar-refractivity contribution >= 4 is 11.8 Å². The normalized spacial score (nSPS) is 10.7. The largest absolute Gasteiger partial charge is 0.496 e. The third kappa shape index (κ3) is 4.26. The fourth-order valence-electron chi connectivity index (χ4n) is 2.22. The number of aryl methyl sites for hydroxylation is 2. The molecule has 0 heterocycles. The molecule has 0 aliphatic carbocycles. The van der Waals surface area contributed by atoms with Crippen LogP contribution in [-0.2, 0) is 12.3 Å². The highest BCUT2D eigenvalue weighted by atomic mass is 32.2. The van der Waals surface area contributed by atoms with E-state index in [9.17, 15) is 0 Å². The Morgan fingerprint density at radius 3 is 2.52 bits per heavy atom. The van der Waals surface area contributed by atoms with Crippen LogP contribution < -0.4 is 10.1 Å². The van der Waals surface area contributed by atoms with Crippen molar-refractivity contribution in [2.24, 2.45) is 0 Å². The average Bonchev–Trinajstić information content (AvgIpc) is 2.49. The van der Waals surface area contributed by atoms with Gasteiger partial charge in [0.1, 0.15) is 5.75 Å². The highest BCUT2D eigenvalue weighted by Crippen LogP contribution is 2.29. The molecule has 21 heavy (non-hydrogen) atoms. The van der Waals surface area contributed by atoms with E-state index in [0.29, 0.717) is 0 Å². The minimum atomic E-state index is 0.880. The molecule has 0 spiro atoms. The minimum Gasteiger partial charge on any atom is -0.496 e. The van der Waals surface area contributed by atoms with E-state index in [1.807, 2.05) is 18.8 Å². The van der Waals surface area contributed by atoms with Crippen LogP contribution in [-0.4, -0.2) is 14.2 Å². The molecular formula is C18H23NOS. The Bertz CT molecular complexity index is 610. The van der Waals surface area contributed by atoms with Gasteiger partial charge in [0.15, 0.2) is 0 Å². The Morgan fingerprint density at radius 1 is 1.05 bits per heavy atom. The molecule has 3 heteroatoms. The van der Waals surface area contributed by atoms with Gasteiger partial charge in [-0.15, -0.1) is 11.8 Å². The van der Waals surface area contributed by atoms with Crippen molar-refractivity contribution in [1.82, 2.24) is 5.32 Å². The first-order valence-electron chi connectivity index (χ1n) is 7.14. The first kappa shape index (κ1) is 15.9.